The van der Waals surface area contributed by atoms with Crippen LogP contribution in [0.5, 0.6) is 11.5 Å². The molecular formula is C14H14N2O4. The minimum Gasteiger partial charge on any atom is -0.480 e. The van der Waals surface area contributed by atoms with Crippen molar-refractivity contribution in [2.75, 3.05) is 6.79 Å². The molecule has 0 aliphatic carbocycles. The fourth-order valence-corrected chi connectivity index (χ4v) is 2.45. The monoisotopic (exact) mass is 274 g/mol. The van der Waals surface area contributed by atoms with Gasteiger partial charge in [0.1, 0.15) is 6.54 Å². The van der Waals surface area contributed by atoms with E-state index in [2.05, 4.69) is 5.10 Å². The van der Waals surface area contributed by atoms with Crippen molar-refractivity contribution >= 4 is 5.97 Å². The molecule has 0 atom stereocenters. The number of aryl methyl sites for hydroxylation is 1. The molecular weight excluding hydrogens is 260 g/mol. The van der Waals surface area contributed by atoms with E-state index in [4.69, 9.17) is 14.6 Å². The third-order valence-corrected chi connectivity index (χ3v) is 3.33. The zero-order chi connectivity index (χ0) is 14.3. The average molecular weight is 274 g/mol. The predicted molar refractivity (Wildman–Crippen MR) is 70.9 cm³/mol. The van der Waals surface area contributed by atoms with Gasteiger partial charge in [0.25, 0.3) is 0 Å². The topological polar surface area (TPSA) is 73.6 Å². The zero-order valence-electron chi connectivity index (χ0n) is 11.2. The molecule has 0 spiro atoms. The van der Waals surface area contributed by atoms with E-state index in [0.29, 0.717) is 5.75 Å². The van der Waals surface area contributed by atoms with Gasteiger partial charge in [-0.1, -0.05) is 6.07 Å². The number of hydrogen-bond donors (Lipinski definition) is 1. The Bertz CT molecular complexity index is 691. The molecule has 2 heterocycles. The normalized spacial score (nSPS) is 12.7. The summed E-state index contributed by atoms with van der Waals surface area (Å²) in [5, 5.41) is 13.2. The summed E-state index contributed by atoms with van der Waals surface area (Å²) in [5.41, 5.74) is 3.50. The number of carboxylic acid groups (broad SMARTS) is 1. The first-order chi connectivity index (χ1) is 9.56. The van der Waals surface area contributed by atoms with Crippen molar-refractivity contribution in [1.29, 1.82) is 0 Å². The minimum absolute atomic E-state index is 0.142. The summed E-state index contributed by atoms with van der Waals surface area (Å²) in [6, 6.07) is 5.67. The third kappa shape index (κ3) is 1.99. The van der Waals surface area contributed by atoms with E-state index in [0.717, 1.165) is 28.3 Å². The maximum absolute atomic E-state index is 10.8. The molecule has 6 heteroatoms. The molecule has 1 aromatic heterocycles. The van der Waals surface area contributed by atoms with Gasteiger partial charge in [-0.3, -0.25) is 9.48 Å². The van der Waals surface area contributed by atoms with Gasteiger partial charge in [0, 0.05) is 11.3 Å². The number of rotatable bonds is 3. The first kappa shape index (κ1) is 12.5. The van der Waals surface area contributed by atoms with Crippen molar-refractivity contribution in [2.24, 2.45) is 0 Å². The Labute approximate surface area is 115 Å². The second kappa shape index (κ2) is 4.56. The second-order valence-corrected chi connectivity index (χ2v) is 4.67. The summed E-state index contributed by atoms with van der Waals surface area (Å²) in [4.78, 5) is 10.8. The van der Waals surface area contributed by atoms with Crippen LogP contribution >= 0.6 is 0 Å². The van der Waals surface area contributed by atoms with Gasteiger partial charge in [0.05, 0.1) is 5.69 Å². The van der Waals surface area contributed by atoms with E-state index >= 15 is 0 Å². The maximum atomic E-state index is 10.8. The summed E-state index contributed by atoms with van der Waals surface area (Å²) in [6.45, 7) is 3.82. The van der Waals surface area contributed by atoms with Crippen molar-refractivity contribution in [3.8, 4) is 22.6 Å². The average Bonchev–Trinajstić information content (AvgIpc) is 2.94. The van der Waals surface area contributed by atoms with Gasteiger partial charge in [-0.25, -0.2) is 0 Å². The number of ether oxygens (including phenoxy) is 2. The van der Waals surface area contributed by atoms with Crippen molar-refractivity contribution in [3.63, 3.8) is 0 Å². The van der Waals surface area contributed by atoms with Crippen LogP contribution in [0.15, 0.2) is 18.2 Å². The second-order valence-electron chi connectivity index (χ2n) is 4.67. The smallest absolute Gasteiger partial charge is 0.325 e. The summed E-state index contributed by atoms with van der Waals surface area (Å²) in [5.74, 6) is 0.516. The number of aromatic nitrogens is 2. The SMILES string of the molecule is Cc1nn(CC(=O)O)c(C)c1-c1ccc2c(c1)OCO2. The lowest BCUT2D eigenvalue weighted by Gasteiger charge is -2.05. The number of nitrogens with zero attached hydrogens (tertiary/aromatic N) is 2. The predicted octanol–water partition coefficient (Wildman–Crippen LogP) is 1.98. The molecule has 0 amide bonds. The highest BCUT2D eigenvalue weighted by Gasteiger charge is 2.19. The Morgan fingerprint density at radius 2 is 2.10 bits per heavy atom. The molecule has 0 fully saturated rings. The Morgan fingerprint density at radius 3 is 2.85 bits per heavy atom. The Morgan fingerprint density at radius 1 is 1.35 bits per heavy atom. The molecule has 1 aliphatic rings. The number of carbonyl (C=O) groups is 1. The summed E-state index contributed by atoms with van der Waals surface area (Å²) >= 11 is 0. The van der Waals surface area contributed by atoms with Crippen molar-refractivity contribution < 1.29 is 19.4 Å². The van der Waals surface area contributed by atoms with E-state index in [9.17, 15) is 4.79 Å². The molecule has 0 bridgehead atoms. The fraction of sp³-hybridized carbons (Fsp3) is 0.286. The Hall–Kier alpha value is -2.50. The van der Waals surface area contributed by atoms with Crippen LogP contribution in [0, 0.1) is 13.8 Å². The standard InChI is InChI=1S/C14H14N2O4/c1-8-14(9(2)16(15-8)6-13(17)18)10-3-4-11-12(5-10)20-7-19-11/h3-5H,6-7H2,1-2H3,(H,17,18). The molecule has 6 nitrogen and oxygen atoms in total. The molecule has 20 heavy (non-hydrogen) atoms. The molecule has 3 rings (SSSR count). The molecule has 0 saturated heterocycles. The van der Waals surface area contributed by atoms with Crippen LogP contribution in [0.4, 0.5) is 0 Å². The van der Waals surface area contributed by atoms with Crippen LogP contribution in [-0.2, 0) is 11.3 Å². The van der Waals surface area contributed by atoms with Gasteiger partial charge in [-0.05, 0) is 31.5 Å². The molecule has 0 saturated carbocycles. The van der Waals surface area contributed by atoms with Gasteiger partial charge in [0.15, 0.2) is 11.5 Å². The lowest BCUT2D eigenvalue weighted by molar-refractivity contribution is -0.137. The Kier molecular flexibility index (Phi) is 2.85. The van der Waals surface area contributed by atoms with Crippen LogP contribution in [0.1, 0.15) is 11.4 Å². The molecule has 2 aromatic rings. The number of benzene rings is 1. The minimum atomic E-state index is -0.909. The number of hydrogen-bond acceptors (Lipinski definition) is 4. The lowest BCUT2D eigenvalue weighted by Crippen LogP contribution is -2.11. The largest absolute Gasteiger partial charge is 0.480 e. The molecule has 0 radical (unpaired) electrons. The van der Waals surface area contributed by atoms with E-state index in [1.807, 2.05) is 32.0 Å². The van der Waals surface area contributed by atoms with Gasteiger partial charge in [-0.15, -0.1) is 0 Å². The maximum Gasteiger partial charge on any atom is 0.325 e. The van der Waals surface area contributed by atoms with E-state index in [1.165, 1.54) is 4.68 Å². The number of fused-ring (bicyclic) bond motifs is 1. The molecule has 104 valence electrons. The summed E-state index contributed by atoms with van der Waals surface area (Å²) < 4.78 is 12.2. The van der Waals surface area contributed by atoms with Crippen LogP contribution in [0.2, 0.25) is 0 Å². The molecule has 0 unspecified atom stereocenters. The zero-order valence-corrected chi connectivity index (χ0v) is 11.2. The molecule has 1 aromatic carbocycles. The van der Waals surface area contributed by atoms with Gasteiger partial charge in [0.2, 0.25) is 6.79 Å². The highest BCUT2D eigenvalue weighted by molar-refractivity contribution is 5.72. The van der Waals surface area contributed by atoms with Crippen LogP contribution in [-0.4, -0.2) is 27.6 Å². The van der Waals surface area contributed by atoms with Crippen LogP contribution in [0.25, 0.3) is 11.1 Å². The number of carboxylic acids is 1. The van der Waals surface area contributed by atoms with Crippen LogP contribution in [0.3, 0.4) is 0 Å². The van der Waals surface area contributed by atoms with Gasteiger partial charge < -0.3 is 14.6 Å². The summed E-state index contributed by atoms with van der Waals surface area (Å²) in [6.07, 6.45) is 0. The van der Waals surface area contributed by atoms with E-state index in [1.54, 1.807) is 0 Å². The Balaban J connectivity index is 2.06. The number of aliphatic carboxylic acids is 1. The molecule has 1 aliphatic heterocycles. The van der Waals surface area contributed by atoms with Crippen molar-refractivity contribution in [3.05, 3.63) is 29.6 Å². The first-order valence-corrected chi connectivity index (χ1v) is 6.22. The quantitative estimate of drug-likeness (QED) is 0.926. The summed E-state index contributed by atoms with van der Waals surface area (Å²) in [7, 11) is 0. The fourth-order valence-electron chi connectivity index (χ4n) is 2.45. The van der Waals surface area contributed by atoms with Gasteiger partial charge in [-0.2, -0.15) is 5.10 Å². The highest BCUT2D eigenvalue weighted by atomic mass is 16.7. The van der Waals surface area contributed by atoms with Crippen molar-refractivity contribution in [2.45, 2.75) is 20.4 Å². The van der Waals surface area contributed by atoms with Crippen molar-refractivity contribution in [1.82, 2.24) is 9.78 Å². The highest BCUT2D eigenvalue weighted by Crippen LogP contribution is 2.37. The van der Waals surface area contributed by atoms with Crippen LogP contribution < -0.4 is 9.47 Å². The molecule has 1 N–H and O–H groups in total. The van der Waals surface area contributed by atoms with E-state index < -0.39 is 5.97 Å². The van der Waals surface area contributed by atoms with Gasteiger partial charge >= 0.3 is 5.97 Å². The third-order valence-electron chi connectivity index (χ3n) is 3.33. The van der Waals surface area contributed by atoms with E-state index in [-0.39, 0.29) is 13.3 Å². The first-order valence-electron chi connectivity index (χ1n) is 6.22. The lowest BCUT2D eigenvalue weighted by atomic mass is 10.0.